The molecule has 0 saturated carbocycles. The Bertz CT molecular complexity index is 584. The number of benzene rings is 1. The molecule has 0 aliphatic carbocycles. The summed E-state index contributed by atoms with van der Waals surface area (Å²) in [5, 5.41) is 11.4. The van der Waals surface area contributed by atoms with Crippen molar-refractivity contribution in [2.75, 3.05) is 26.2 Å². The lowest BCUT2D eigenvalue weighted by molar-refractivity contribution is -0.138. The smallest absolute Gasteiger partial charge is 0.305 e. The summed E-state index contributed by atoms with van der Waals surface area (Å²) in [7, 11) is 0. The van der Waals surface area contributed by atoms with Crippen LogP contribution in [0.4, 0.5) is 0 Å². The van der Waals surface area contributed by atoms with E-state index in [1.165, 1.54) is 4.90 Å². The fraction of sp³-hybridized carbons (Fsp3) is 0.500. The number of nitrogens with zero attached hydrogens (tertiary/aromatic N) is 1. The molecule has 138 valence electrons. The van der Waals surface area contributed by atoms with Crippen molar-refractivity contribution in [2.24, 2.45) is 5.92 Å². The number of carboxylic acid groups (broad SMARTS) is 1. The van der Waals surface area contributed by atoms with Gasteiger partial charge in [0, 0.05) is 18.7 Å². The van der Waals surface area contributed by atoms with E-state index in [9.17, 15) is 14.4 Å². The summed E-state index contributed by atoms with van der Waals surface area (Å²) in [6.07, 6.45) is -0.120. The third kappa shape index (κ3) is 7.69. The number of amides is 2. The van der Waals surface area contributed by atoms with Gasteiger partial charge in [-0.25, -0.2) is 0 Å². The minimum Gasteiger partial charge on any atom is -0.494 e. The topological polar surface area (TPSA) is 95.9 Å². The molecule has 0 fully saturated rings. The van der Waals surface area contributed by atoms with Crippen LogP contribution in [0.25, 0.3) is 0 Å². The molecule has 1 aromatic carbocycles. The summed E-state index contributed by atoms with van der Waals surface area (Å²) in [5.74, 6) is -0.736. The summed E-state index contributed by atoms with van der Waals surface area (Å²) in [6, 6.07) is 6.64. The van der Waals surface area contributed by atoms with Gasteiger partial charge in [0.15, 0.2) is 0 Å². The van der Waals surface area contributed by atoms with Crippen LogP contribution in [-0.4, -0.2) is 54.0 Å². The van der Waals surface area contributed by atoms with Crippen molar-refractivity contribution >= 4 is 17.8 Å². The van der Waals surface area contributed by atoms with E-state index in [0.29, 0.717) is 24.5 Å². The molecular weight excluding hydrogens is 324 g/mol. The predicted molar refractivity (Wildman–Crippen MR) is 93.6 cm³/mol. The Hall–Kier alpha value is -2.57. The number of hydrogen-bond donors (Lipinski definition) is 2. The summed E-state index contributed by atoms with van der Waals surface area (Å²) in [6.45, 7) is 6.72. The average Bonchev–Trinajstić information content (AvgIpc) is 2.56. The van der Waals surface area contributed by atoms with Crippen molar-refractivity contribution in [3.05, 3.63) is 29.8 Å². The van der Waals surface area contributed by atoms with Crippen LogP contribution in [0.1, 0.15) is 37.6 Å². The van der Waals surface area contributed by atoms with Crippen LogP contribution >= 0.6 is 0 Å². The molecule has 0 aliphatic rings. The van der Waals surface area contributed by atoms with Gasteiger partial charge in [-0.2, -0.15) is 0 Å². The van der Waals surface area contributed by atoms with Gasteiger partial charge in [0.05, 0.1) is 19.6 Å². The van der Waals surface area contributed by atoms with Crippen LogP contribution in [0.15, 0.2) is 24.3 Å². The summed E-state index contributed by atoms with van der Waals surface area (Å²) >= 11 is 0. The van der Waals surface area contributed by atoms with Gasteiger partial charge >= 0.3 is 5.97 Å². The highest BCUT2D eigenvalue weighted by atomic mass is 16.5. The number of hydrogen-bond acceptors (Lipinski definition) is 4. The molecule has 2 amide bonds. The zero-order valence-electron chi connectivity index (χ0n) is 14.9. The standard InChI is InChI=1S/C18H26N2O5/c1-4-25-15-7-5-14(6-8-15)18(24)19-11-16(21)20(12-13(2)3)10-9-17(22)23/h5-8,13H,4,9-12H2,1-3H3,(H,19,24)(H,22,23). The molecule has 7 heteroatoms. The number of carbonyl (C=O) groups excluding carboxylic acids is 2. The van der Waals surface area contributed by atoms with Gasteiger partial charge in [0.2, 0.25) is 5.91 Å². The van der Waals surface area contributed by atoms with Crippen LogP contribution in [0.3, 0.4) is 0 Å². The molecule has 0 saturated heterocycles. The highest BCUT2D eigenvalue weighted by molar-refractivity contribution is 5.96. The van der Waals surface area contributed by atoms with E-state index in [1.54, 1.807) is 24.3 Å². The Morgan fingerprint density at radius 3 is 2.36 bits per heavy atom. The second kappa shape index (κ2) is 10.3. The third-order valence-corrected chi connectivity index (χ3v) is 3.36. The maximum Gasteiger partial charge on any atom is 0.305 e. The lowest BCUT2D eigenvalue weighted by Gasteiger charge is -2.24. The quantitative estimate of drug-likeness (QED) is 0.670. The van der Waals surface area contributed by atoms with Gasteiger partial charge < -0.3 is 20.1 Å². The summed E-state index contributed by atoms with van der Waals surface area (Å²) in [5.41, 5.74) is 0.428. The monoisotopic (exact) mass is 350 g/mol. The fourth-order valence-corrected chi connectivity index (χ4v) is 2.23. The van der Waals surface area contributed by atoms with Crippen LogP contribution in [-0.2, 0) is 9.59 Å². The minimum absolute atomic E-state index is 0.120. The fourth-order valence-electron chi connectivity index (χ4n) is 2.23. The molecule has 1 aromatic rings. The van der Waals surface area contributed by atoms with E-state index in [2.05, 4.69) is 5.32 Å². The van der Waals surface area contributed by atoms with Gasteiger partial charge in [-0.3, -0.25) is 14.4 Å². The van der Waals surface area contributed by atoms with E-state index < -0.39 is 5.97 Å². The maximum atomic E-state index is 12.3. The lowest BCUT2D eigenvalue weighted by Crippen LogP contribution is -2.42. The molecule has 0 aliphatic heterocycles. The Kier molecular flexibility index (Phi) is 8.46. The Morgan fingerprint density at radius 2 is 1.84 bits per heavy atom. The number of carbonyl (C=O) groups is 3. The second-order valence-corrected chi connectivity index (χ2v) is 6.02. The molecule has 0 unspecified atom stereocenters. The normalized spacial score (nSPS) is 10.4. The van der Waals surface area contributed by atoms with Crippen molar-refractivity contribution in [3.63, 3.8) is 0 Å². The molecule has 0 atom stereocenters. The van der Waals surface area contributed by atoms with Gasteiger partial charge in [0.1, 0.15) is 5.75 Å². The first kappa shape index (κ1) is 20.5. The molecule has 0 spiro atoms. The SMILES string of the molecule is CCOc1ccc(C(=O)NCC(=O)N(CCC(=O)O)CC(C)C)cc1. The maximum absolute atomic E-state index is 12.3. The Balaban J connectivity index is 2.58. The Morgan fingerprint density at radius 1 is 1.20 bits per heavy atom. The van der Waals surface area contributed by atoms with Crippen molar-refractivity contribution in [1.82, 2.24) is 10.2 Å². The first-order chi connectivity index (χ1) is 11.8. The third-order valence-electron chi connectivity index (χ3n) is 3.36. The zero-order chi connectivity index (χ0) is 18.8. The van der Waals surface area contributed by atoms with E-state index in [1.807, 2.05) is 20.8 Å². The van der Waals surface area contributed by atoms with Crippen molar-refractivity contribution in [3.8, 4) is 5.75 Å². The average molecular weight is 350 g/mol. The molecule has 0 heterocycles. The van der Waals surface area contributed by atoms with E-state index in [4.69, 9.17) is 9.84 Å². The molecule has 0 aromatic heterocycles. The highest BCUT2D eigenvalue weighted by Gasteiger charge is 2.17. The number of nitrogens with one attached hydrogen (secondary N) is 1. The molecule has 0 bridgehead atoms. The molecule has 0 radical (unpaired) electrons. The number of rotatable bonds is 10. The van der Waals surface area contributed by atoms with Crippen molar-refractivity contribution in [2.45, 2.75) is 27.2 Å². The van der Waals surface area contributed by atoms with Crippen molar-refractivity contribution in [1.29, 1.82) is 0 Å². The van der Waals surface area contributed by atoms with E-state index >= 15 is 0 Å². The molecule has 2 N–H and O–H groups in total. The number of carboxylic acids is 1. The van der Waals surface area contributed by atoms with Gasteiger partial charge in [-0.1, -0.05) is 13.8 Å². The molecular formula is C18H26N2O5. The van der Waals surface area contributed by atoms with Crippen LogP contribution in [0.5, 0.6) is 5.75 Å². The molecule has 25 heavy (non-hydrogen) atoms. The van der Waals surface area contributed by atoms with Gasteiger partial charge in [-0.05, 0) is 37.1 Å². The van der Waals surface area contributed by atoms with Gasteiger partial charge in [0.25, 0.3) is 5.91 Å². The van der Waals surface area contributed by atoms with Crippen LogP contribution in [0, 0.1) is 5.92 Å². The molecule has 7 nitrogen and oxygen atoms in total. The first-order valence-corrected chi connectivity index (χ1v) is 8.34. The minimum atomic E-state index is -0.958. The van der Waals surface area contributed by atoms with Crippen LogP contribution < -0.4 is 10.1 Å². The zero-order valence-corrected chi connectivity index (χ0v) is 14.9. The summed E-state index contributed by atoms with van der Waals surface area (Å²) < 4.78 is 5.31. The summed E-state index contributed by atoms with van der Waals surface area (Å²) in [4.78, 5) is 36.6. The molecule has 1 rings (SSSR count). The van der Waals surface area contributed by atoms with Gasteiger partial charge in [-0.15, -0.1) is 0 Å². The largest absolute Gasteiger partial charge is 0.494 e. The first-order valence-electron chi connectivity index (χ1n) is 8.34. The number of aliphatic carboxylic acids is 1. The lowest BCUT2D eigenvalue weighted by atomic mass is 10.2. The van der Waals surface area contributed by atoms with Crippen LogP contribution in [0.2, 0.25) is 0 Å². The Labute approximate surface area is 148 Å². The van der Waals surface area contributed by atoms with Crippen molar-refractivity contribution < 1.29 is 24.2 Å². The van der Waals surface area contributed by atoms with E-state index in [0.717, 1.165) is 0 Å². The highest BCUT2D eigenvalue weighted by Crippen LogP contribution is 2.12. The predicted octanol–water partition coefficient (Wildman–Crippen LogP) is 1.77. The second-order valence-electron chi connectivity index (χ2n) is 6.02. The van der Waals surface area contributed by atoms with E-state index in [-0.39, 0.29) is 37.2 Å². The number of ether oxygens (including phenoxy) is 1.